The SMILES string of the molecule is O=S(=O)(c1cn[nH]c1)N1CCN(CCBr)CC1. The van der Waals surface area contributed by atoms with E-state index in [0.717, 1.165) is 25.0 Å². The third-order valence-corrected chi connectivity index (χ3v) is 5.06. The van der Waals surface area contributed by atoms with Crippen LogP contribution in [0.5, 0.6) is 0 Å². The molecule has 6 nitrogen and oxygen atoms in total. The molecule has 1 saturated heterocycles. The molecule has 17 heavy (non-hydrogen) atoms. The normalized spacial score (nSPS) is 19.6. The van der Waals surface area contributed by atoms with E-state index in [4.69, 9.17) is 0 Å². The van der Waals surface area contributed by atoms with E-state index in [-0.39, 0.29) is 4.90 Å². The summed E-state index contributed by atoms with van der Waals surface area (Å²) in [5, 5.41) is 7.13. The van der Waals surface area contributed by atoms with E-state index >= 15 is 0 Å². The lowest BCUT2D eigenvalue weighted by Crippen LogP contribution is -2.48. The number of halogens is 1. The zero-order valence-corrected chi connectivity index (χ0v) is 11.7. The Morgan fingerprint density at radius 1 is 1.35 bits per heavy atom. The number of rotatable bonds is 4. The van der Waals surface area contributed by atoms with Gasteiger partial charge in [0.2, 0.25) is 10.0 Å². The van der Waals surface area contributed by atoms with Gasteiger partial charge in [-0.15, -0.1) is 0 Å². The van der Waals surface area contributed by atoms with Crippen molar-refractivity contribution in [2.24, 2.45) is 0 Å². The molecule has 0 aromatic carbocycles. The summed E-state index contributed by atoms with van der Waals surface area (Å²) in [6.45, 7) is 3.60. The van der Waals surface area contributed by atoms with Gasteiger partial charge in [0, 0.05) is 44.3 Å². The predicted octanol–water partition coefficient (Wildman–Crippen LogP) is 0.111. The minimum absolute atomic E-state index is 0.242. The largest absolute Gasteiger partial charge is 0.300 e. The summed E-state index contributed by atoms with van der Waals surface area (Å²) in [6.07, 6.45) is 2.76. The Kier molecular flexibility index (Phi) is 4.18. The molecule has 8 heteroatoms. The Labute approximate surface area is 109 Å². The van der Waals surface area contributed by atoms with Crippen molar-refractivity contribution in [3.8, 4) is 0 Å². The molecule has 0 spiro atoms. The molecule has 1 aromatic heterocycles. The number of aromatic nitrogens is 2. The minimum Gasteiger partial charge on any atom is -0.300 e. The van der Waals surface area contributed by atoms with E-state index in [1.54, 1.807) is 0 Å². The number of H-pyrrole nitrogens is 1. The van der Waals surface area contributed by atoms with Gasteiger partial charge >= 0.3 is 0 Å². The number of nitrogens with zero attached hydrogens (tertiary/aromatic N) is 3. The smallest absolute Gasteiger partial charge is 0.246 e. The van der Waals surface area contributed by atoms with Gasteiger partial charge in [0.25, 0.3) is 0 Å². The van der Waals surface area contributed by atoms with Crippen LogP contribution >= 0.6 is 15.9 Å². The van der Waals surface area contributed by atoms with Gasteiger partial charge < -0.3 is 0 Å². The molecule has 0 saturated carbocycles. The van der Waals surface area contributed by atoms with E-state index in [1.165, 1.54) is 16.7 Å². The Morgan fingerprint density at radius 3 is 2.59 bits per heavy atom. The average Bonchev–Trinajstić information content (AvgIpc) is 2.84. The summed E-state index contributed by atoms with van der Waals surface area (Å²) in [5.74, 6) is 0. The lowest BCUT2D eigenvalue weighted by Gasteiger charge is -2.33. The molecule has 2 rings (SSSR count). The maximum Gasteiger partial charge on any atom is 0.246 e. The highest BCUT2D eigenvalue weighted by atomic mass is 79.9. The second kappa shape index (κ2) is 5.47. The summed E-state index contributed by atoms with van der Waals surface area (Å²) < 4.78 is 25.8. The first-order chi connectivity index (χ1) is 8.14. The Hall–Kier alpha value is -0.440. The molecule has 1 aliphatic rings. The quantitative estimate of drug-likeness (QED) is 0.799. The Balaban J connectivity index is 2.01. The minimum atomic E-state index is -3.36. The van der Waals surface area contributed by atoms with Crippen LogP contribution in [0.25, 0.3) is 0 Å². The first-order valence-electron chi connectivity index (χ1n) is 5.42. The lowest BCUT2D eigenvalue weighted by atomic mass is 10.4. The van der Waals surface area contributed by atoms with Crippen LogP contribution < -0.4 is 0 Å². The van der Waals surface area contributed by atoms with Crippen LogP contribution in [-0.2, 0) is 10.0 Å². The van der Waals surface area contributed by atoms with Gasteiger partial charge in [-0.05, 0) is 0 Å². The highest BCUT2D eigenvalue weighted by Crippen LogP contribution is 2.15. The van der Waals surface area contributed by atoms with Crippen molar-refractivity contribution in [3.63, 3.8) is 0 Å². The zero-order chi connectivity index (χ0) is 12.3. The van der Waals surface area contributed by atoms with Crippen molar-refractivity contribution in [2.75, 3.05) is 38.1 Å². The fourth-order valence-corrected chi connectivity index (χ4v) is 3.67. The number of sulfonamides is 1. The molecular formula is C9H15BrN4O2S. The number of hydrogen-bond donors (Lipinski definition) is 1. The fraction of sp³-hybridized carbons (Fsp3) is 0.667. The van der Waals surface area contributed by atoms with Gasteiger partial charge in [0.05, 0.1) is 6.20 Å². The van der Waals surface area contributed by atoms with Crippen LogP contribution in [0.4, 0.5) is 0 Å². The molecule has 0 unspecified atom stereocenters. The number of aromatic amines is 1. The number of nitrogens with one attached hydrogen (secondary N) is 1. The van der Waals surface area contributed by atoms with Crippen LogP contribution in [0.1, 0.15) is 0 Å². The van der Waals surface area contributed by atoms with Crippen LogP contribution in [0.3, 0.4) is 0 Å². The van der Waals surface area contributed by atoms with E-state index in [2.05, 4.69) is 31.0 Å². The molecular weight excluding hydrogens is 308 g/mol. The highest BCUT2D eigenvalue weighted by Gasteiger charge is 2.28. The van der Waals surface area contributed by atoms with Gasteiger partial charge in [-0.2, -0.15) is 9.40 Å². The zero-order valence-electron chi connectivity index (χ0n) is 9.34. The predicted molar refractivity (Wildman–Crippen MR) is 67.6 cm³/mol. The molecule has 0 atom stereocenters. The van der Waals surface area contributed by atoms with Crippen LogP contribution in [0.15, 0.2) is 17.3 Å². The van der Waals surface area contributed by atoms with Crippen molar-refractivity contribution in [2.45, 2.75) is 4.90 Å². The van der Waals surface area contributed by atoms with Crippen molar-refractivity contribution >= 4 is 26.0 Å². The lowest BCUT2D eigenvalue weighted by molar-refractivity contribution is 0.198. The molecule has 96 valence electrons. The first kappa shape index (κ1) is 13.0. The molecule has 1 fully saturated rings. The van der Waals surface area contributed by atoms with Gasteiger partial charge in [0.15, 0.2) is 0 Å². The molecule has 1 aromatic rings. The number of alkyl halides is 1. The van der Waals surface area contributed by atoms with Crippen LogP contribution in [0.2, 0.25) is 0 Å². The summed E-state index contributed by atoms with van der Waals surface area (Å²) >= 11 is 3.39. The molecule has 0 bridgehead atoms. The van der Waals surface area contributed by atoms with Gasteiger partial charge in [-0.25, -0.2) is 8.42 Å². The average molecular weight is 323 g/mol. The van der Waals surface area contributed by atoms with Gasteiger partial charge in [0.1, 0.15) is 4.90 Å². The topological polar surface area (TPSA) is 69.3 Å². The summed E-state index contributed by atoms with van der Waals surface area (Å²) in [7, 11) is -3.36. The van der Waals surface area contributed by atoms with Gasteiger partial charge in [-0.3, -0.25) is 10.00 Å². The summed E-state index contributed by atoms with van der Waals surface area (Å²) in [5.41, 5.74) is 0. The molecule has 1 N–H and O–H groups in total. The van der Waals surface area contributed by atoms with Crippen molar-refractivity contribution < 1.29 is 8.42 Å². The van der Waals surface area contributed by atoms with E-state index in [0.29, 0.717) is 13.1 Å². The molecule has 0 aliphatic carbocycles. The number of piperazine rings is 1. The first-order valence-corrected chi connectivity index (χ1v) is 7.98. The number of hydrogen-bond acceptors (Lipinski definition) is 4. The van der Waals surface area contributed by atoms with Crippen LogP contribution in [-0.4, -0.2) is 65.9 Å². The second-order valence-electron chi connectivity index (χ2n) is 3.87. The summed E-state index contributed by atoms with van der Waals surface area (Å²) in [6, 6.07) is 0. The fourth-order valence-electron chi connectivity index (χ4n) is 1.84. The maximum atomic E-state index is 12.2. The van der Waals surface area contributed by atoms with Crippen molar-refractivity contribution in [3.05, 3.63) is 12.4 Å². The van der Waals surface area contributed by atoms with Gasteiger partial charge in [-0.1, -0.05) is 15.9 Å². The third-order valence-electron chi connectivity index (χ3n) is 2.84. The van der Waals surface area contributed by atoms with Crippen molar-refractivity contribution in [1.82, 2.24) is 19.4 Å². The second-order valence-corrected chi connectivity index (χ2v) is 6.60. The van der Waals surface area contributed by atoms with E-state index in [1.807, 2.05) is 0 Å². The molecule has 0 amide bonds. The van der Waals surface area contributed by atoms with E-state index < -0.39 is 10.0 Å². The molecule has 0 radical (unpaired) electrons. The molecule has 1 aliphatic heterocycles. The highest BCUT2D eigenvalue weighted by molar-refractivity contribution is 9.09. The molecule has 2 heterocycles. The Morgan fingerprint density at radius 2 is 2.06 bits per heavy atom. The Bertz CT molecular complexity index is 440. The van der Waals surface area contributed by atoms with E-state index in [9.17, 15) is 8.42 Å². The standard InChI is InChI=1S/C9H15BrN4O2S/c10-1-2-13-3-5-14(6-4-13)17(15,16)9-7-11-12-8-9/h7-8H,1-6H2,(H,11,12). The van der Waals surface area contributed by atoms with Crippen molar-refractivity contribution in [1.29, 1.82) is 0 Å². The van der Waals surface area contributed by atoms with Crippen LogP contribution in [0, 0.1) is 0 Å². The summed E-state index contributed by atoms with van der Waals surface area (Å²) in [4.78, 5) is 2.49. The monoisotopic (exact) mass is 322 g/mol. The maximum absolute atomic E-state index is 12.2. The third kappa shape index (κ3) is 2.87.